The molecule has 0 unspecified atom stereocenters. The summed E-state index contributed by atoms with van der Waals surface area (Å²) in [6.07, 6.45) is 0. The monoisotopic (exact) mass is 433 g/mol. The number of nitrogens with one attached hydrogen (secondary N) is 1. The van der Waals surface area contributed by atoms with Crippen molar-refractivity contribution in [2.75, 3.05) is 38.0 Å². The molecule has 32 heavy (non-hydrogen) atoms. The molecule has 3 aromatic rings. The van der Waals surface area contributed by atoms with Crippen LogP contribution < -0.4 is 5.32 Å². The summed E-state index contributed by atoms with van der Waals surface area (Å²) in [4.78, 5) is 26.4. The molecular weight excluding hydrogens is 402 g/mol. The van der Waals surface area contributed by atoms with Gasteiger partial charge in [-0.05, 0) is 39.3 Å². The van der Waals surface area contributed by atoms with E-state index in [9.17, 15) is 4.79 Å². The van der Waals surface area contributed by atoms with Crippen LogP contribution >= 0.6 is 0 Å². The summed E-state index contributed by atoms with van der Waals surface area (Å²) >= 11 is 0. The second-order valence-electron chi connectivity index (χ2n) is 8.62. The molecule has 8 heteroatoms. The first-order valence-electron chi connectivity index (χ1n) is 11.0. The van der Waals surface area contributed by atoms with Gasteiger partial charge in [-0.1, -0.05) is 29.8 Å². The first-order chi connectivity index (χ1) is 15.4. The van der Waals surface area contributed by atoms with Crippen LogP contribution in [0.3, 0.4) is 0 Å². The van der Waals surface area contributed by atoms with Crippen LogP contribution in [0.15, 0.2) is 36.4 Å². The van der Waals surface area contributed by atoms with Gasteiger partial charge in [0.05, 0.1) is 12.2 Å². The minimum atomic E-state index is -0.0531. The third-order valence-corrected chi connectivity index (χ3v) is 5.58. The number of hydrogen-bond acceptors (Lipinski definition) is 6. The van der Waals surface area contributed by atoms with E-state index in [0.29, 0.717) is 18.3 Å². The van der Waals surface area contributed by atoms with E-state index in [1.54, 1.807) is 4.68 Å². The largest absolute Gasteiger partial charge is 0.309 e. The van der Waals surface area contributed by atoms with Crippen molar-refractivity contribution in [3.05, 3.63) is 64.6 Å². The van der Waals surface area contributed by atoms with Crippen LogP contribution in [0.5, 0.6) is 0 Å². The standard InChI is InChI=1S/C24H31N7O/c1-17-6-5-7-21(12-17)15-29-8-10-30(11-9-29)16-23(32)27-22-14-20(4)28-31(22)24-25-18(2)13-19(3)26-24/h5-7,12-14H,8-11,15-16H2,1-4H3,(H,27,32). The third-order valence-electron chi connectivity index (χ3n) is 5.58. The minimum absolute atomic E-state index is 0.0531. The van der Waals surface area contributed by atoms with Crippen LogP contribution in [-0.4, -0.2) is 68.2 Å². The molecule has 1 saturated heterocycles. The molecule has 1 amide bonds. The van der Waals surface area contributed by atoms with E-state index in [4.69, 9.17) is 0 Å². The summed E-state index contributed by atoms with van der Waals surface area (Å²) in [5, 5.41) is 7.48. The fourth-order valence-electron chi connectivity index (χ4n) is 4.10. The van der Waals surface area contributed by atoms with Gasteiger partial charge in [0.2, 0.25) is 5.91 Å². The second kappa shape index (κ2) is 9.58. The molecule has 0 spiro atoms. The van der Waals surface area contributed by atoms with Crippen molar-refractivity contribution < 1.29 is 4.79 Å². The highest BCUT2D eigenvalue weighted by Gasteiger charge is 2.20. The van der Waals surface area contributed by atoms with Crippen LogP contribution in [0.2, 0.25) is 0 Å². The van der Waals surface area contributed by atoms with Crippen LogP contribution in [0.1, 0.15) is 28.2 Å². The van der Waals surface area contributed by atoms with Gasteiger partial charge in [-0.3, -0.25) is 14.6 Å². The van der Waals surface area contributed by atoms with E-state index in [1.807, 2.05) is 32.9 Å². The summed E-state index contributed by atoms with van der Waals surface area (Å²) in [7, 11) is 0. The SMILES string of the molecule is Cc1cccc(CN2CCN(CC(=O)Nc3cc(C)nn3-c3nc(C)cc(C)n3)CC2)c1. The summed E-state index contributed by atoms with van der Waals surface area (Å²) in [5.74, 6) is 1.01. The number of rotatable bonds is 6. The van der Waals surface area contributed by atoms with Gasteiger partial charge < -0.3 is 5.32 Å². The molecule has 1 aliphatic rings. The zero-order valence-corrected chi connectivity index (χ0v) is 19.3. The molecule has 168 valence electrons. The Labute approximate surface area is 189 Å². The molecule has 0 atom stereocenters. The maximum Gasteiger partial charge on any atom is 0.252 e. The Balaban J connectivity index is 1.33. The lowest BCUT2D eigenvalue weighted by Crippen LogP contribution is -2.48. The average Bonchev–Trinajstić information content (AvgIpc) is 3.09. The maximum absolute atomic E-state index is 12.8. The molecule has 8 nitrogen and oxygen atoms in total. The first kappa shape index (κ1) is 22.1. The Bertz CT molecular complexity index is 1080. The van der Waals surface area contributed by atoms with Gasteiger partial charge in [-0.2, -0.15) is 9.78 Å². The van der Waals surface area contributed by atoms with Gasteiger partial charge >= 0.3 is 0 Å². The number of aromatic nitrogens is 4. The van der Waals surface area contributed by atoms with E-state index >= 15 is 0 Å². The number of anilines is 1. The van der Waals surface area contributed by atoms with Gasteiger partial charge in [0.1, 0.15) is 5.82 Å². The molecule has 3 heterocycles. The van der Waals surface area contributed by atoms with Gasteiger partial charge in [-0.25, -0.2) is 9.97 Å². The molecule has 1 fully saturated rings. The molecular formula is C24H31N7O. The lowest BCUT2D eigenvalue weighted by molar-refractivity contribution is -0.117. The highest BCUT2D eigenvalue weighted by Crippen LogP contribution is 2.16. The van der Waals surface area contributed by atoms with Gasteiger partial charge in [-0.15, -0.1) is 0 Å². The van der Waals surface area contributed by atoms with Crippen molar-refractivity contribution in [1.29, 1.82) is 0 Å². The normalized spacial score (nSPS) is 15.1. The topological polar surface area (TPSA) is 79.2 Å². The fourth-order valence-corrected chi connectivity index (χ4v) is 4.10. The summed E-state index contributed by atoms with van der Waals surface area (Å²) in [6, 6.07) is 12.4. The van der Waals surface area contributed by atoms with Crippen molar-refractivity contribution in [2.45, 2.75) is 34.2 Å². The molecule has 0 bridgehead atoms. The van der Waals surface area contributed by atoms with Gasteiger partial charge in [0.25, 0.3) is 5.95 Å². The number of aryl methyl sites for hydroxylation is 4. The highest BCUT2D eigenvalue weighted by molar-refractivity contribution is 5.91. The average molecular weight is 434 g/mol. The molecule has 1 aromatic carbocycles. The zero-order valence-electron chi connectivity index (χ0n) is 19.3. The molecule has 2 aromatic heterocycles. The summed E-state index contributed by atoms with van der Waals surface area (Å²) < 4.78 is 1.60. The van der Waals surface area contributed by atoms with Crippen LogP contribution in [0.25, 0.3) is 5.95 Å². The van der Waals surface area contributed by atoms with E-state index in [1.165, 1.54) is 11.1 Å². The van der Waals surface area contributed by atoms with Crippen molar-refractivity contribution >= 4 is 11.7 Å². The van der Waals surface area contributed by atoms with E-state index in [0.717, 1.165) is 49.8 Å². The Kier molecular flexibility index (Phi) is 6.62. The van der Waals surface area contributed by atoms with E-state index in [-0.39, 0.29) is 5.91 Å². The Morgan fingerprint density at radius 1 is 0.906 bits per heavy atom. The van der Waals surface area contributed by atoms with Crippen molar-refractivity contribution in [3.8, 4) is 5.95 Å². The smallest absolute Gasteiger partial charge is 0.252 e. The number of nitrogens with zero attached hydrogens (tertiary/aromatic N) is 6. The van der Waals surface area contributed by atoms with Crippen LogP contribution in [0.4, 0.5) is 5.82 Å². The number of piperazine rings is 1. The van der Waals surface area contributed by atoms with E-state index in [2.05, 4.69) is 61.4 Å². The number of hydrogen-bond donors (Lipinski definition) is 1. The lowest BCUT2D eigenvalue weighted by Gasteiger charge is -2.34. The van der Waals surface area contributed by atoms with Crippen molar-refractivity contribution in [1.82, 2.24) is 29.5 Å². The molecule has 4 rings (SSSR count). The molecule has 1 aliphatic heterocycles. The van der Waals surface area contributed by atoms with Crippen LogP contribution in [-0.2, 0) is 11.3 Å². The van der Waals surface area contributed by atoms with Crippen LogP contribution in [0, 0.1) is 27.7 Å². The lowest BCUT2D eigenvalue weighted by atomic mass is 10.1. The van der Waals surface area contributed by atoms with Gasteiger partial charge in [0, 0.05) is 50.2 Å². The quantitative estimate of drug-likeness (QED) is 0.644. The highest BCUT2D eigenvalue weighted by atomic mass is 16.2. The zero-order chi connectivity index (χ0) is 22.7. The first-order valence-corrected chi connectivity index (χ1v) is 11.0. The predicted octanol–water partition coefficient (Wildman–Crippen LogP) is 2.65. The Morgan fingerprint density at radius 2 is 1.59 bits per heavy atom. The Hall–Kier alpha value is -3.10. The van der Waals surface area contributed by atoms with Crippen molar-refractivity contribution in [3.63, 3.8) is 0 Å². The van der Waals surface area contributed by atoms with E-state index < -0.39 is 0 Å². The Morgan fingerprint density at radius 3 is 2.28 bits per heavy atom. The molecule has 0 saturated carbocycles. The van der Waals surface area contributed by atoms with Gasteiger partial charge in [0.15, 0.2) is 0 Å². The number of carbonyl (C=O) groups excluding carboxylic acids is 1. The predicted molar refractivity (Wildman–Crippen MR) is 125 cm³/mol. The second-order valence-corrected chi connectivity index (χ2v) is 8.62. The molecule has 1 N–H and O–H groups in total. The number of amides is 1. The summed E-state index contributed by atoms with van der Waals surface area (Å²) in [6.45, 7) is 12.8. The fraction of sp³-hybridized carbons (Fsp3) is 0.417. The van der Waals surface area contributed by atoms with Crippen molar-refractivity contribution in [2.24, 2.45) is 0 Å². The number of benzene rings is 1. The molecule has 0 radical (unpaired) electrons. The summed E-state index contributed by atoms with van der Waals surface area (Å²) in [5.41, 5.74) is 5.16. The maximum atomic E-state index is 12.8. The molecule has 0 aliphatic carbocycles. The minimum Gasteiger partial charge on any atom is -0.309 e. The number of carbonyl (C=O) groups is 1. The third kappa shape index (κ3) is 5.57.